The highest BCUT2D eigenvalue weighted by atomic mass is 19.4. The summed E-state index contributed by atoms with van der Waals surface area (Å²) in [6, 6.07) is 0.588. The monoisotopic (exact) mass is 327 g/mol. The molecule has 4 nitrogen and oxygen atoms in total. The Bertz CT molecular complexity index is 608. The second-order valence-corrected chi connectivity index (χ2v) is 4.59. The molecule has 1 aliphatic rings. The van der Waals surface area contributed by atoms with Crippen LogP contribution < -0.4 is 15.8 Å². The maximum Gasteiger partial charge on any atom is 0.421 e. The standard InChI is InChI=1S/C12H11F6N3O/c1-22-10-6(12(16,17)18)3-7(19)9(21-10)8-2-5(4-20-8)11(13,14)15/h2-3,5,20H,4,19H2,1H3/t5-/m1/s1. The molecule has 1 aliphatic heterocycles. The van der Waals surface area contributed by atoms with E-state index < -0.39 is 41.9 Å². The molecule has 3 N–H and O–H groups in total. The number of pyridine rings is 1. The second kappa shape index (κ2) is 5.25. The SMILES string of the molecule is COc1nc(C2=C[C@@H](C(F)(F)F)CN2)c(N)cc1C(F)(F)F. The Morgan fingerprint density at radius 3 is 2.36 bits per heavy atom. The first-order valence-electron chi connectivity index (χ1n) is 5.98. The molecule has 0 amide bonds. The van der Waals surface area contributed by atoms with Gasteiger partial charge < -0.3 is 15.8 Å². The average molecular weight is 327 g/mol. The van der Waals surface area contributed by atoms with Crippen molar-refractivity contribution in [3.05, 3.63) is 23.4 Å². The van der Waals surface area contributed by atoms with E-state index in [0.29, 0.717) is 6.07 Å². The highest BCUT2D eigenvalue weighted by Crippen LogP contribution is 2.39. The largest absolute Gasteiger partial charge is 0.481 e. The van der Waals surface area contributed by atoms with Crippen LogP contribution in [0.25, 0.3) is 5.70 Å². The Morgan fingerprint density at radius 1 is 1.27 bits per heavy atom. The van der Waals surface area contributed by atoms with Crippen LogP contribution >= 0.6 is 0 Å². The number of hydrogen-bond acceptors (Lipinski definition) is 4. The lowest BCUT2D eigenvalue weighted by Gasteiger charge is -2.15. The topological polar surface area (TPSA) is 60.2 Å². The smallest absolute Gasteiger partial charge is 0.421 e. The van der Waals surface area contributed by atoms with Gasteiger partial charge in [-0.25, -0.2) is 4.98 Å². The van der Waals surface area contributed by atoms with Crippen LogP contribution in [0.5, 0.6) is 5.88 Å². The summed E-state index contributed by atoms with van der Waals surface area (Å²) in [6.07, 6.45) is -8.36. The van der Waals surface area contributed by atoms with Gasteiger partial charge in [-0.15, -0.1) is 0 Å². The van der Waals surface area contributed by atoms with E-state index in [0.717, 1.165) is 13.2 Å². The molecule has 2 rings (SSSR count). The number of nitrogens with zero attached hydrogens (tertiary/aromatic N) is 1. The fraction of sp³-hybridized carbons (Fsp3) is 0.417. The van der Waals surface area contributed by atoms with Crippen LogP contribution in [0.4, 0.5) is 32.0 Å². The van der Waals surface area contributed by atoms with Gasteiger partial charge in [-0.3, -0.25) is 0 Å². The molecule has 122 valence electrons. The summed E-state index contributed by atoms with van der Waals surface area (Å²) in [4.78, 5) is 3.59. The van der Waals surface area contributed by atoms with Gasteiger partial charge in [-0.1, -0.05) is 0 Å². The molecule has 1 aromatic rings. The van der Waals surface area contributed by atoms with Crippen molar-refractivity contribution in [2.45, 2.75) is 12.4 Å². The summed E-state index contributed by atoms with van der Waals surface area (Å²) in [7, 11) is 0.979. The first kappa shape index (κ1) is 16.2. The van der Waals surface area contributed by atoms with Crippen molar-refractivity contribution in [2.75, 3.05) is 19.4 Å². The lowest BCUT2D eigenvalue weighted by Crippen LogP contribution is -2.25. The van der Waals surface area contributed by atoms with Gasteiger partial charge in [0.1, 0.15) is 11.3 Å². The van der Waals surface area contributed by atoms with Crippen LogP contribution in [0, 0.1) is 5.92 Å². The summed E-state index contributed by atoms with van der Waals surface area (Å²) >= 11 is 0. The second-order valence-electron chi connectivity index (χ2n) is 4.59. The van der Waals surface area contributed by atoms with Gasteiger partial charge in [0.25, 0.3) is 0 Å². The Labute approximate surface area is 121 Å². The molecule has 22 heavy (non-hydrogen) atoms. The number of rotatable bonds is 2. The number of hydrogen-bond donors (Lipinski definition) is 2. The van der Waals surface area contributed by atoms with Gasteiger partial charge in [-0.2, -0.15) is 26.3 Å². The van der Waals surface area contributed by atoms with Gasteiger partial charge >= 0.3 is 12.4 Å². The van der Waals surface area contributed by atoms with Crippen LogP contribution in [0.1, 0.15) is 11.3 Å². The Kier molecular flexibility index (Phi) is 3.88. The van der Waals surface area contributed by atoms with Gasteiger partial charge in [0.2, 0.25) is 5.88 Å². The third kappa shape index (κ3) is 3.04. The Hall–Kier alpha value is -2.13. The number of aromatic nitrogens is 1. The number of ether oxygens (including phenoxy) is 1. The maximum absolute atomic E-state index is 12.8. The van der Waals surface area contributed by atoms with Crippen molar-refractivity contribution in [3.8, 4) is 5.88 Å². The summed E-state index contributed by atoms with van der Waals surface area (Å²) in [6.45, 7) is -0.427. The molecule has 0 aromatic carbocycles. The molecule has 0 aliphatic carbocycles. The summed E-state index contributed by atoms with van der Waals surface area (Å²) < 4.78 is 80.7. The molecule has 10 heteroatoms. The van der Waals surface area contributed by atoms with Crippen molar-refractivity contribution in [1.82, 2.24) is 10.3 Å². The number of nitrogens with two attached hydrogens (primary N) is 1. The van der Waals surface area contributed by atoms with E-state index in [4.69, 9.17) is 5.73 Å². The fourth-order valence-corrected chi connectivity index (χ4v) is 2.00. The van der Waals surface area contributed by atoms with E-state index >= 15 is 0 Å². The molecular weight excluding hydrogens is 316 g/mol. The molecule has 0 spiro atoms. The molecule has 0 radical (unpaired) electrons. The predicted octanol–water partition coefficient (Wildman–Crippen LogP) is 2.81. The van der Waals surface area contributed by atoms with E-state index in [1.807, 2.05) is 0 Å². The zero-order chi connectivity index (χ0) is 16.7. The molecule has 0 fully saturated rings. The van der Waals surface area contributed by atoms with Gasteiger partial charge in [0.05, 0.1) is 24.4 Å². The van der Waals surface area contributed by atoms with Gasteiger partial charge in [0, 0.05) is 6.54 Å². The average Bonchev–Trinajstić information content (AvgIpc) is 2.86. The van der Waals surface area contributed by atoms with Crippen LogP contribution in [0.3, 0.4) is 0 Å². The summed E-state index contributed by atoms with van der Waals surface area (Å²) in [5, 5.41) is 2.44. The number of anilines is 1. The van der Waals surface area contributed by atoms with Crippen molar-refractivity contribution >= 4 is 11.4 Å². The first-order valence-corrected chi connectivity index (χ1v) is 5.98. The van der Waals surface area contributed by atoms with E-state index in [2.05, 4.69) is 15.0 Å². The Morgan fingerprint density at radius 2 is 1.91 bits per heavy atom. The minimum Gasteiger partial charge on any atom is -0.481 e. The van der Waals surface area contributed by atoms with Crippen LogP contribution in [0.2, 0.25) is 0 Å². The summed E-state index contributed by atoms with van der Waals surface area (Å²) in [5.41, 5.74) is 3.62. The zero-order valence-electron chi connectivity index (χ0n) is 11.1. The maximum atomic E-state index is 12.8. The minimum absolute atomic E-state index is 0.0770. The molecule has 0 saturated heterocycles. The fourth-order valence-electron chi connectivity index (χ4n) is 2.00. The lowest BCUT2D eigenvalue weighted by molar-refractivity contribution is -0.157. The minimum atomic E-state index is -4.74. The van der Waals surface area contributed by atoms with Gasteiger partial charge in [-0.05, 0) is 12.1 Å². The molecule has 1 atom stereocenters. The van der Waals surface area contributed by atoms with Crippen molar-refractivity contribution in [2.24, 2.45) is 5.92 Å². The zero-order valence-corrected chi connectivity index (χ0v) is 11.1. The third-order valence-corrected chi connectivity index (χ3v) is 3.07. The van der Waals surface area contributed by atoms with E-state index in [9.17, 15) is 26.3 Å². The summed E-state index contributed by atoms with van der Waals surface area (Å²) in [5.74, 6) is -2.51. The Balaban J connectivity index is 2.46. The molecule has 0 saturated carbocycles. The number of alkyl halides is 6. The highest BCUT2D eigenvalue weighted by molar-refractivity contribution is 5.73. The number of nitrogen functional groups attached to an aromatic ring is 1. The van der Waals surface area contributed by atoms with E-state index in [1.54, 1.807) is 0 Å². The van der Waals surface area contributed by atoms with Crippen molar-refractivity contribution < 1.29 is 31.1 Å². The molecule has 1 aromatic heterocycles. The molecular formula is C12H11F6N3O. The van der Waals surface area contributed by atoms with Crippen LogP contribution in [-0.2, 0) is 6.18 Å². The van der Waals surface area contributed by atoms with Gasteiger partial charge in [0.15, 0.2) is 0 Å². The lowest BCUT2D eigenvalue weighted by atomic mass is 10.1. The normalized spacial score (nSPS) is 18.9. The van der Waals surface area contributed by atoms with E-state index in [1.165, 1.54) is 0 Å². The number of halogens is 6. The first-order chi connectivity index (χ1) is 10.0. The van der Waals surface area contributed by atoms with Crippen LogP contribution in [-0.4, -0.2) is 24.8 Å². The molecule has 0 bridgehead atoms. The quantitative estimate of drug-likeness (QED) is 0.820. The highest BCUT2D eigenvalue weighted by Gasteiger charge is 2.42. The van der Waals surface area contributed by atoms with E-state index in [-0.39, 0.29) is 11.4 Å². The molecule has 0 unspecified atom stereocenters. The van der Waals surface area contributed by atoms with Crippen molar-refractivity contribution in [1.29, 1.82) is 0 Å². The number of methoxy groups -OCH3 is 1. The predicted molar refractivity (Wildman–Crippen MR) is 65.7 cm³/mol. The number of nitrogens with one attached hydrogen (secondary N) is 1. The van der Waals surface area contributed by atoms with Crippen molar-refractivity contribution in [3.63, 3.8) is 0 Å². The molecule has 2 heterocycles. The van der Waals surface area contributed by atoms with Crippen LogP contribution in [0.15, 0.2) is 12.1 Å². The third-order valence-electron chi connectivity index (χ3n) is 3.07.